The van der Waals surface area contributed by atoms with Crippen molar-refractivity contribution in [3.05, 3.63) is 69.6 Å². The van der Waals surface area contributed by atoms with Gasteiger partial charge >= 0.3 is 5.69 Å². The number of imidazole rings is 1. The minimum absolute atomic E-state index is 0. The van der Waals surface area contributed by atoms with Crippen molar-refractivity contribution in [3.8, 4) is 0 Å². The van der Waals surface area contributed by atoms with E-state index in [2.05, 4.69) is 32.7 Å². The zero-order valence-electron chi connectivity index (χ0n) is 13.5. The van der Waals surface area contributed by atoms with E-state index in [0.717, 1.165) is 16.6 Å². The quantitative estimate of drug-likeness (QED) is 0.573. The Morgan fingerprint density at radius 3 is 2.68 bits per heavy atom. The van der Waals surface area contributed by atoms with Gasteiger partial charge in [0.2, 0.25) is 5.91 Å². The number of hydrogen-bond acceptors (Lipinski definition) is 3. The number of carbonyl (C=O) groups is 1. The number of amides is 1. The molecular weight excluding hydrogens is 340 g/mol. The molecule has 3 aromatic rings. The van der Waals surface area contributed by atoms with Crippen LogP contribution in [0.15, 0.2) is 47.3 Å². The Hall–Kier alpha value is -2.57. The number of rotatable bonds is 3. The van der Waals surface area contributed by atoms with Gasteiger partial charge in [0.1, 0.15) is 0 Å². The van der Waals surface area contributed by atoms with Gasteiger partial charge in [-0.2, -0.15) is 0 Å². The molecule has 4 N–H and O–H groups in total. The van der Waals surface area contributed by atoms with Crippen LogP contribution in [0.2, 0.25) is 0 Å². The first kappa shape index (κ1) is 17.3. The maximum atomic E-state index is 12.4. The Morgan fingerprint density at radius 1 is 1.08 bits per heavy atom. The molecule has 7 heteroatoms. The molecule has 1 amide bonds. The van der Waals surface area contributed by atoms with Crippen molar-refractivity contribution in [2.24, 2.45) is 0 Å². The smallest absolute Gasteiger partial charge is 0.323 e. The standard InChI is InChI=1S/C18H18N4O2.ClH/c23-17(16-8-12-3-1-2-4-13(12)10-19-16)20-9-11-5-6-14-15(7-11)22-18(24)21-14;/h1-7,16,19H,8-10H2,(H,20,23)(H2,21,22,24);1H/t16-;/m1./s1. The first-order valence-corrected chi connectivity index (χ1v) is 7.98. The molecular formula is C18H19ClN4O2. The molecule has 2 heterocycles. The van der Waals surface area contributed by atoms with Gasteiger partial charge in [-0.15, -0.1) is 12.4 Å². The van der Waals surface area contributed by atoms with Crippen LogP contribution in [-0.2, 0) is 24.3 Å². The lowest BCUT2D eigenvalue weighted by atomic mass is 9.95. The Labute approximate surface area is 150 Å². The van der Waals surface area contributed by atoms with Crippen LogP contribution in [0.4, 0.5) is 0 Å². The van der Waals surface area contributed by atoms with E-state index in [0.29, 0.717) is 19.5 Å². The van der Waals surface area contributed by atoms with Crippen molar-refractivity contribution in [2.75, 3.05) is 0 Å². The molecule has 0 aliphatic carbocycles. The Kier molecular flexibility index (Phi) is 4.92. The molecule has 6 nitrogen and oxygen atoms in total. The van der Waals surface area contributed by atoms with Crippen LogP contribution >= 0.6 is 12.4 Å². The van der Waals surface area contributed by atoms with E-state index < -0.39 is 0 Å². The summed E-state index contributed by atoms with van der Waals surface area (Å²) in [5.41, 5.74) is 4.71. The lowest BCUT2D eigenvalue weighted by Crippen LogP contribution is -2.47. The fourth-order valence-corrected chi connectivity index (χ4v) is 3.14. The van der Waals surface area contributed by atoms with Crippen LogP contribution in [0.25, 0.3) is 11.0 Å². The lowest BCUT2D eigenvalue weighted by Gasteiger charge is -2.25. The minimum Gasteiger partial charge on any atom is -0.351 e. The monoisotopic (exact) mass is 358 g/mol. The summed E-state index contributed by atoms with van der Waals surface area (Å²) in [6, 6.07) is 13.6. The van der Waals surface area contributed by atoms with E-state index in [1.807, 2.05) is 30.3 Å². The molecule has 0 spiro atoms. The summed E-state index contributed by atoms with van der Waals surface area (Å²) in [4.78, 5) is 29.1. The molecule has 0 bridgehead atoms. The van der Waals surface area contributed by atoms with Gasteiger partial charge in [-0.3, -0.25) is 4.79 Å². The first-order chi connectivity index (χ1) is 11.7. The van der Waals surface area contributed by atoms with Gasteiger partial charge in [-0.1, -0.05) is 30.3 Å². The number of aromatic nitrogens is 2. The summed E-state index contributed by atoms with van der Waals surface area (Å²) in [6.45, 7) is 1.15. The zero-order valence-corrected chi connectivity index (χ0v) is 14.3. The highest BCUT2D eigenvalue weighted by Crippen LogP contribution is 2.16. The van der Waals surface area contributed by atoms with Gasteiger partial charge in [0.05, 0.1) is 17.1 Å². The highest BCUT2D eigenvalue weighted by atomic mass is 35.5. The van der Waals surface area contributed by atoms with E-state index in [4.69, 9.17) is 0 Å². The first-order valence-electron chi connectivity index (χ1n) is 7.98. The number of benzene rings is 2. The van der Waals surface area contributed by atoms with Gasteiger partial charge in [0.15, 0.2) is 0 Å². The average molecular weight is 359 g/mol. The number of aromatic amines is 2. The van der Waals surface area contributed by atoms with Crippen LogP contribution in [0, 0.1) is 0 Å². The lowest BCUT2D eigenvalue weighted by molar-refractivity contribution is -0.123. The second-order valence-electron chi connectivity index (χ2n) is 6.08. The van der Waals surface area contributed by atoms with E-state index in [1.54, 1.807) is 0 Å². The summed E-state index contributed by atoms with van der Waals surface area (Å²) >= 11 is 0. The molecule has 0 saturated heterocycles. The van der Waals surface area contributed by atoms with Crippen LogP contribution < -0.4 is 16.3 Å². The molecule has 0 fully saturated rings. The molecule has 4 rings (SSSR count). The molecule has 1 aliphatic rings. The maximum Gasteiger partial charge on any atom is 0.323 e. The van der Waals surface area contributed by atoms with E-state index >= 15 is 0 Å². The van der Waals surface area contributed by atoms with Crippen LogP contribution in [0.1, 0.15) is 16.7 Å². The zero-order chi connectivity index (χ0) is 16.5. The number of H-pyrrole nitrogens is 2. The second-order valence-corrected chi connectivity index (χ2v) is 6.08. The summed E-state index contributed by atoms with van der Waals surface area (Å²) in [5.74, 6) is -0.00726. The number of carbonyl (C=O) groups excluding carboxylic acids is 1. The van der Waals surface area contributed by atoms with Crippen molar-refractivity contribution >= 4 is 29.3 Å². The Bertz CT molecular complexity index is 963. The van der Waals surface area contributed by atoms with Crippen molar-refractivity contribution in [1.82, 2.24) is 20.6 Å². The number of hydrogen-bond donors (Lipinski definition) is 4. The minimum atomic E-state index is -0.226. The molecule has 0 radical (unpaired) electrons. The molecule has 1 aliphatic heterocycles. The van der Waals surface area contributed by atoms with Crippen LogP contribution in [0.3, 0.4) is 0 Å². The summed E-state index contributed by atoms with van der Waals surface area (Å²) in [5, 5.41) is 6.25. The van der Waals surface area contributed by atoms with Crippen molar-refractivity contribution in [3.63, 3.8) is 0 Å². The number of halogens is 1. The summed E-state index contributed by atoms with van der Waals surface area (Å²) < 4.78 is 0. The third-order valence-electron chi connectivity index (χ3n) is 4.44. The van der Waals surface area contributed by atoms with Crippen molar-refractivity contribution in [2.45, 2.75) is 25.6 Å². The molecule has 130 valence electrons. The third kappa shape index (κ3) is 3.60. The van der Waals surface area contributed by atoms with Crippen LogP contribution in [-0.4, -0.2) is 21.9 Å². The SMILES string of the molecule is Cl.O=C(NCc1ccc2[nH]c(=O)[nH]c2c1)[C@H]1Cc2ccccc2CN1. The summed E-state index contributed by atoms with van der Waals surface area (Å²) in [6.07, 6.45) is 0.701. The fraction of sp³-hybridized carbons (Fsp3) is 0.222. The van der Waals surface area contributed by atoms with Gasteiger partial charge in [0, 0.05) is 13.1 Å². The molecule has 0 saturated carbocycles. The molecule has 1 atom stereocenters. The largest absolute Gasteiger partial charge is 0.351 e. The van der Waals surface area contributed by atoms with Gasteiger partial charge in [-0.25, -0.2) is 4.79 Å². The number of fused-ring (bicyclic) bond motifs is 2. The van der Waals surface area contributed by atoms with E-state index in [9.17, 15) is 9.59 Å². The highest BCUT2D eigenvalue weighted by Gasteiger charge is 2.23. The van der Waals surface area contributed by atoms with E-state index in [-0.39, 0.29) is 30.0 Å². The Morgan fingerprint density at radius 2 is 1.84 bits per heavy atom. The van der Waals surface area contributed by atoms with Gasteiger partial charge in [0.25, 0.3) is 0 Å². The average Bonchev–Trinajstić information content (AvgIpc) is 2.98. The third-order valence-corrected chi connectivity index (χ3v) is 4.44. The molecule has 2 aromatic carbocycles. The van der Waals surface area contributed by atoms with Crippen molar-refractivity contribution < 1.29 is 4.79 Å². The number of nitrogens with one attached hydrogen (secondary N) is 4. The molecule has 25 heavy (non-hydrogen) atoms. The Balaban J connectivity index is 0.00000182. The second kappa shape index (κ2) is 7.13. The van der Waals surface area contributed by atoms with Crippen LogP contribution in [0.5, 0.6) is 0 Å². The van der Waals surface area contributed by atoms with E-state index in [1.165, 1.54) is 11.1 Å². The summed E-state index contributed by atoms with van der Waals surface area (Å²) in [7, 11) is 0. The predicted octanol–water partition coefficient (Wildman–Crippen LogP) is 1.61. The normalized spacial score (nSPS) is 16.1. The predicted molar refractivity (Wildman–Crippen MR) is 98.8 cm³/mol. The van der Waals surface area contributed by atoms with Gasteiger partial charge in [-0.05, 0) is 35.2 Å². The molecule has 0 unspecified atom stereocenters. The fourth-order valence-electron chi connectivity index (χ4n) is 3.14. The highest BCUT2D eigenvalue weighted by molar-refractivity contribution is 5.85. The topological polar surface area (TPSA) is 89.8 Å². The van der Waals surface area contributed by atoms with Gasteiger partial charge < -0.3 is 20.6 Å². The maximum absolute atomic E-state index is 12.4. The van der Waals surface area contributed by atoms with Crippen molar-refractivity contribution in [1.29, 1.82) is 0 Å². The molecule has 1 aromatic heterocycles.